The number of ether oxygens (including phenoxy) is 4. The molecule has 0 saturated heterocycles. The van der Waals surface area contributed by atoms with Crippen molar-refractivity contribution in [3.8, 4) is 0 Å². The molecule has 0 aliphatic carbocycles. The Morgan fingerprint density at radius 3 is 2.11 bits per heavy atom. The van der Waals surface area contributed by atoms with Crippen LogP contribution in [0.5, 0.6) is 0 Å². The number of halogens is 2. The van der Waals surface area contributed by atoms with Crippen molar-refractivity contribution in [3.05, 3.63) is 46.4 Å². The molecule has 0 spiro atoms. The Balaban J connectivity index is 1.66. The van der Waals surface area contributed by atoms with Crippen molar-refractivity contribution in [2.45, 2.75) is 13.8 Å². The number of thiazole rings is 1. The summed E-state index contributed by atoms with van der Waals surface area (Å²) in [4.78, 5) is 29.2. The minimum absolute atomic E-state index is 0.0872. The highest BCUT2D eigenvalue weighted by atomic mass is 35.5. The molecule has 1 aromatic heterocycles. The predicted octanol–water partition coefficient (Wildman–Crippen LogP) is 7.17. The summed E-state index contributed by atoms with van der Waals surface area (Å²) in [5.41, 5.74) is 2.03. The molecule has 0 saturated carbocycles. The van der Waals surface area contributed by atoms with E-state index >= 15 is 0 Å². The minimum atomic E-state index is -0.741. The molecule has 3 aromatic rings. The number of fused-ring (bicyclic) bond motifs is 1. The monoisotopic (exact) mass is 554 g/mol. The molecule has 2 aromatic carbocycles. The molecule has 0 bridgehead atoms. The molecule has 1 heterocycles. The number of hydrogen-bond donors (Lipinski definition) is 0. The molecule has 13 heteroatoms. The highest BCUT2D eigenvalue weighted by molar-refractivity contribution is 7.22. The van der Waals surface area contributed by atoms with Crippen molar-refractivity contribution in [2.24, 2.45) is 10.2 Å². The number of hydrogen-bond acceptors (Lipinski definition) is 11. The second-order valence-electron chi connectivity index (χ2n) is 7.00. The van der Waals surface area contributed by atoms with Crippen molar-refractivity contribution in [3.63, 3.8) is 0 Å². The molecule has 0 aliphatic rings. The van der Waals surface area contributed by atoms with Gasteiger partial charge >= 0.3 is 12.3 Å². The average Bonchev–Trinajstić information content (AvgIpc) is 3.26. The van der Waals surface area contributed by atoms with Gasteiger partial charge in [-0.15, -0.1) is 10.2 Å². The Bertz CT molecular complexity index is 1180. The summed E-state index contributed by atoms with van der Waals surface area (Å²) in [6.45, 7) is 4.71. The molecular formula is C23H24Cl2N4O6S. The van der Waals surface area contributed by atoms with Crippen molar-refractivity contribution in [1.82, 2.24) is 4.98 Å². The van der Waals surface area contributed by atoms with Crippen LogP contribution in [0.4, 0.5) is 26.1 Å². The summed E-state index contributed by atoms with van der Waals surface area (Å²) in [5, 5.41) is 9.88. The Hall–Kier alpha value is -3.15. The van der Waals surface area contributed by atoms with Crippen LogP contribution in [0.25, 0.3) is 10.2 Å². The molecular weight excluding hydrogens is 531 g/mol. The first-order valence-corrected chi connectivity index (χ1v) is 12.6. The molecule has 192 valence electrons. The van der Waals surface area contributed by atoms with Gasteiger partial charge in [-0.05, 0) is 50.2 Å². The van der Waals surface area contributed by atoms with Gasteiger partial charge in [0.25, 0.3) is 0 Å². The maximum absolute atomic E-state index is 11.5. The molecule has 0 fully saturated rings. The van der Waals surface area contributed by atoms with E-state index in [-0.39, 0.29) is 26.4 Å². The van der Waals surface area contributed by atoms with Crippen LogP contribution in [0.2, 0.25) is 10.0 Å². The zero-order chi connectivity index (χ0) is 25.9. The standard InChI is InChI=1S/C23H24Cl2N4O6S/c1-3-32-22(30)34-11-9-29(10-12-35-23(31)33-4-2)17-7-5-16(6-8-17)27-28-21-26-20-18(25)13-15(24)14-19(20)36-21/h5-8,13-14H,3-4,9-12H2,1-2H3. The smallest absolute Gasteiger partial charge is 0.435 e. The van der Waals surface area contributed by atoms with Crippen LogP contribution in [0.15, 0.2) is 46.6 Å². The SMILES string of the molecule is CCOC(=O)OCCN(CCOC(=O)OCC)c1ccc(N=Nc2nc3c(Cl)cc(Cl)cc3s2)cc1. The molecule has 36 heavy (non-hydrogen) atoms. The predicted molar refractivity (Wildman–Crippen MR) is 138 cm³/mol. The lowest BCUT2D eigenvalue weighted by molar-refractivity contribution is 0.0583. The highest BCUT2D eigenvalue weighted by Gasteiger charge is 2.12. The summed E-state index contributed by atoms with van der Waals surface area (Å²) >= 11 is 13.6. The summed E-state index contributed by atoms with van der Waals surface area (Å²) < 4.78 is 20.5. The van der Waals surface area contributed by atoms with Crippen LogP contribution >= 0.6 is 34.5 Å². The number of azo groups is 1. The van der Waals surface area contributed by atoms with Crippen LogP contribution in [-0.2, 0) is 18.9 Å². The lowest BCUT2D eigenvalue weighted by Gasteiger charge is -2.24. The number of benzene rings is 2. The molecule has 0 aliphatic heterocycles. The van der Waals surface area contributed by atoms with Crippen LogP contribution in [0.1, 0.15) is 13.8 Å². The second-order valence-corrected chi connectivity index (χ2v) is 8.85. The Morgan fingerprint density at radius 2 is 1.53 bits per heavy atom. The molecule has 3 rings (SSSR count). The minimum Gasteiger partial charge on any atom is -0.435 e. The third-order valence-corrected chi connectivity index (χ3v) is 5.95. The van der Waals surface area contributed by atoms with E-state index in [4.69, 9.17) is 42.1 Å². The molecule has 0 radical (unpaired) electrons. The Kier molecular flexibility index (Phi) is 10.5. The number of rotatable bonds is 11. The summed E-state index contributed by atoms with van der Waals surface area (Å²) in [6, 6.07) is 10.6. The third-order valence-electron chi connectivity index (χ3n) is 4.55. The zero-order valence-corrected chi connectivity index (χ0v) is 21.9. The van der Waals surface area contributed by atoms with Gasteiger partial charge in [-0.25, -0.2) is 14.6 Å². The van der Waals surface area contributed by atoms with Gasteiger partial charge in [-0.2, -0.15) is 0 Å². The first-order chi connectivity index (χ1) is 17.4. The van der Waals surface area contributed by atoms with E-state index in [1.165, 1.54) is 11.3 Å². The van der Waals surface area contributed by atoms with Gasteiger partial charge < -0.3 is 23.8 Å². The molecule has 10 nitrogen and oxygen atoms in total. The Morgan fingerprint density at radius 1 is 0.917 bits per heavy atom. The highest BCUT2D eigenvalue weighted by Crippen LogP contribution is 2.35. The normalized spacial score (nSPS) is 11.0. The van der Waals surface area contributed by atoms with Crippen molar-refractivity contribution >= 4 is 73.6 Å². The number of carbonyl (C=O) groups is 2. The topological polar surface area (TPSA) is 112 Å². The number of aromatic nitrogens is 1. The van der Waals surface area contributed by atoms with Crippen LogP contribution < -0.4 is 4.90 Å². The molecule has 0 N–H and O–H groups in total. The van der Waals surface area contributed by atoms with Crippen molar-refractivity contribution in [1.29, 1.82) is 0 Å². The lowest BCUT2D eigenvalue weighted by atomic mass is 10.2. The first-order valence-electron chi connectivity index (χ1n) is 11.0. The maximum atomic E-state index is 11.5. The first kappa shape index (κ1) is 27.4. The lowest BCUT2D eigenvalue weighted by Crippen LogP contribution is -2.32. The van der Waals surface area contributed by atoms with E-state index in [9.17, 15) is 9.59 Å². The third kappa shape index (κ3) is 8.21. The van der Waals surface area contributed by atoms with Gasteiger partial charge in [0, 0.05) is 10.7 Å². The van der Waals surface area contributed by atoms with Crippen LogP contribution in [-0.4, -0.2) is 56.8 Å². The van der Waals surface area contributed by atoms with E-state index < -0.39 is 12.3 Å². The molecule has 0 unspecified atom stereocenters. The fraction of sp³-hybridized carbons (Fsp3) is 0.348. The van der Waals surface area contributed by atoms with Crippen molar-refractivity contribution in [2.75, 3.05) is 44.4 Å². The fourth-order valence-electron chi connectivity index (χ4n) is 2.99. The number of nitrogens with zero attached hydrogens (tertiary/aromatic N) is 4. The summed E-state index contributed by atoms with van der Waals surface area (Å²) in [7, 11) is 0. The number of carbonyl (C=O) groups excluding carboxylic acids is 2. The average molecular weight is 555 g/mol. The zero-order valence-electron chi connectivity index (χ0n) is 19.6. The van der Waals surface area contributed by atoms with Gasteiger partial charge in [-0.1, -0.05) is 34.5 Å². The van der Waals surface area contributed by atoms with E-state index in [2.05, 4.69) is 15.2 Å². The summed E-state index contributed by atoms with van der Waals surface area (Å²) in [6.07, 6.45) is -1.48. The van der Waals surface area contributed by atoms with E-state index in [0.29, 0.717) is 39.5 Å². The van der Waals surface area contributed by atoms with E-state index in [1.807, 2.05) is 17.0 Å². The molecule has 0 atom stereocenters. The van der Waals surface area contributed by atoms with Gasteiger partial charge in [0.05, 0.1) is 41.7 Å². The van der Waals surface area contributed by atoms with Crippen LogP contribution in [0, 0.1) is 0 Å². The van der Waals surface area contributed by atoms with Crippen molar-refractivity contribution < 1.29 is 28.5 Å². The Labute approximate surface area is 221 Å². The van der Waals surface area contributed by atoms with Gasteiger partial charge in [0.2, 0.25) is 5.13 Å². The van der Waals surface area contributed by atoms with Gasteiger partial charge in [-0.3, -0.25) is 0 Å². The maximum Gasteiger partial charge on any atom is 0.508 e. The second kappa shape index (κ2) is 13.8. The largest absolute Gasteiger partial charge is 0.508 e. The fourth-order valence-corrected chi connectivity index (χ4v) is 4.50. The van der Waals surface area contributed by atoms with E-state index in [0.717, 1.165) is 10.4 Å². The van der Waals surface area contributed by atoms with Gasteiger partial charge in [0.15, 0.2) is 0 Å². The van der Waals surface area contributed by atoms with E-state index in [1.54, 1.807) is 38.1 Å². The van der Waals surface area contributed by atoms with Crippen LogP contribution in [0.3, 0.4) is 0 Å². The summed E-state index contributed by atoms with van der Waals surface area (Å²) in [5.74, 6) is 0. The number of anilines is 1. The molecule has 0 amide bonds. The quantitative estimate of drug-likeness (QED) is 0.181. The van der Waals surface area contributed by atoms with Gasteiger partial charge in [0.1, 0.15) is 18.7 Å².